The van der Waals surface area contributed by atoms with Gasteiger partial charge in [0.15, 0.2) is 0 Å². The van der Waals surface area contributed by atoms with Crippen LogP contribution in [0.25, 0.3) is 0 Å². The number of carbonyl (C=O) groups excluding carboxylic acids is 1. The van der Waals surface area contributed by atoms with Crippen LogP contribution in [0.5, 0.6) is 5.75 Å². The number of nitrogens with one attached hydrogen (secondary N) is 1. The molecule has 1 amide bonds. The third kappa shape index (κ3) is 5.38. The van der Waals surface area contributed by atoms with Crippen LogP contribution in [-0.2, 0) is 6.61 Å². The minimum atomic E-state index is -0.157. The molecule has 0 radical (unpaired) electrons. The smallest absolute Gasteiger partial charge is 0.270 e. The van der Waals surface area contributed by atoms with E-state index in [1.54, 1.807) is 16.7 Å². The van der Waals surface area contributed by atoms with Crippen molar-refractivity contribution in [3.8, 4) is 5.75 Å². The molecule has 0 spiro atoms. The molecule has 0 saturated heterocycles. The van der Waals surface area contributed by atoms with E-state index in [4.69, 9.17) is 4.74 Å². The maximum Gasteiger partial charge on any atom is 0.270 e. The molecule has 142 valence electrons. The predicted octanol–water partition coefficient (Wildman–Crippen LogP) is 4.12. The van der Waals surface area contributed by atoms with Crippen LogP contribution in [0.15, 0.2) is 46.5 Å². The van der Waals surface area contributed by atoms with Gasteiger partial charge in [-0.05, 0) is 55.5 Å². The molecule has 0 saturated carbocycles. The van der Waals surface area contributed by atoms with Gasteiger partial charge >= 0.3 is 0 Å². The van der Waals surface area contributed by atoms with Gasteiger partial charge in [0.25, 0.3) is 5.91 Å². The van der Waals surface area contributed by atoms with Crippen molar-refractivity contribution in [3.63, 3.8) is 0 Å². The lowest BCUT2D eigenvalue weighted by molar-refractivity contribution is 0.0937. The van der Waals surface area contributed by atoms with Gasteiger partial charge in [-0.15, -0.1) is 11.3 Å². The fourth-order valence-corrected chi connectivity index (χ4v) is 4.00. The summed E-state index contributed by atoms with van der Waals surface area (Å²) in [4.78, 5) is 18.9. The summed E-state index contributed by atoms with van der Waals surface area (Å²) in [5, 5.41) is 9.71. The minimum absolute atomic E-state index is 0.142. The molecule has 0 aliphatic carbocycles. The van der Waals surface area contributed by atoms with Gasteiger partial charge in [-0.1, -0.05) is 17.7 Å². The Morgan fingerprint density at radius 3 is 2.67 bits per heavy atom. The van der Waals surface area contributed by atoms with E-state index in [2.05, 4.69) is 32.0 Å². The Morgan fingerprint density at radius 1 is 1.22 bits per heavy atom. The normalized spacial score (nSPS) is 12.1. The number of ether oxygens (including phenoxy) is 1. The van der Waals surface area contributed by atoms with E-state index in [-0.39, 0.29) is 11.9 Å². The summed E-state index contributed by atoms with van der Waals surface area (Å²) in [5.74, 6) is 0.640. The number of amides is 1. The van der Waals surface area contributed by atoms with E-state index in [1.807, 2.05) is 45.3 Å². The van der Waals surface area contributed by atoms with Crippen LogP contribution in [0.3, 0.4) is 0 Å². The average molecular weight is 402 g/mol. The first kappa shape index (κ1) is 19.5. The van der Waals surface area contributed by atoms with Crippen LogP contribution in [-0.4, -0.2) is 36.4 Å². The van der Waals surface area contributed by atoms with Gasteiger partial charge in [-0.25, -0.2) is 4.98 Å². The molecule has 3 rings (SSSR count). The van der Waals surface area contributed by atoms with Gasteiger partial charge in [0.1, 0.15) is 23.1 Å². The number of aromatic nitrogens is 1. The second-order valence-corrected chi connectivity index (χ2v) is 8.20. The average Bonchev–Trinajstić information content (AvgIpc) is 3.33. The molecular formula is C20H23N3O2S2. The molecule has 3 aromatic rings. The van der Waals surface area contributed by atoms with Crippen LogP contribution in [0.4, 0.5) is 0 Å². The van der Waals surface area contributed by atoms with Crippen molar-refractivity contribution in [1.82, 2.24) is 15.2 Å². The summed E-state index contributed by atoms with van der Waals surface area (Å²) in [6, 6.07) is 10.1. The molecule has 1 aromatic carbocycles. The molecule has 1 atom stereocenters. The van der Waals surface area contributed by atoms with E-state index in [1.165, 1.54) is 22.5 Å². The van der Waals surface area contributed by atoms with Crippen molar-refractivity contribution < 1.29 is 9.53 Å². The molecule has 5 nitrogen and oxygen atoms in total. The zero-order valence-electron chi connectivity index (χ0n) is 15.6. The summed E-state index contributed by atoms with van der Waals surface area (Å²) in [7, 11) is 4.02. The van der Waals surface area contributed by atoms with E-state index in [0.29, 0.717) is 18.8 Å². The van der Waals surface area contributed by atoms with Crippen LogP contribution < -0.4 is 10.1 Å². The zero-order chi connectivity index (χ0) is 19.2. The van der Waals surface area contributed by atoms with Crippen molar-refractivity contribution in [1.29, 1.82) is 0 Å². The topological polar surface area (TPSA) is 54.5 Å². The lowest BCUT2D eigenvalue weighted by Crippen LogP contribution is -2.34. The first-order valence-corrected chi connectivity index (χ1v) is 10.5. The Labute approximate surface area is 167 Å². The molecule has 1 unspecified atom stereocenters. The van der Waals surface area contributed by atoms with Gasteiger partial charge in [0, 0.05) is 11.9 Å². The Morgan fingerprint density at radius 2 is 2.00 bits per heavy atom. The molecule has 2 heterocycles. The van der Waals surface area contributed by atoms with Gasteiger partial charge in [0.05, 0.1) is 6.04 Å². The van der Waals surface area contributed by atoms with Crippen LogP contribution in [0.1, 0.15) is 32.7 Å². The number of aryl methyl sites for hydroxylation is 1. The van der Waals surface area contributed by atoms with Crippen LogP contribution in [0, 0.1) is 6.92 Å². The Balaban J connectivity index is 1.54. The summed E-state index contributed by atoms with van der Waals surface area (Å²) in [5.41, 5.74) is 2.83. The molecular weight excluding hydrogens is 378 g/mol. The quantitative estimate of drug-likeness (QED) is 0.617. The van der Waals surface area contributed by atoms with Gasteiger partial charge in [-0.2, -0.15) is 11.3 Å². The second-order valence-electron chi connectivity index (χ2n) is 6.47. The number of thiazole rings is 1. The van der Waals surface area contributed by atoms with Crippen molar-refractivity contribution in [2.24, 2.45) is 0 Å². The number of hydrogen-bond donors (Lipinski definition) is 1. The van der Waals surface area contributed by atoms with Gasteiger partial charge < -0.3 is 15.0 Å². The monoisotopic (exact) mass is 401 g/mol. The molecule has 2 aromatic heterocycles. The molecule has 0 aliphatic rings. The standard InChI is InChI=1S/C20H23N3O2S2/c1-14-4-6-16(7-5-14)25-11-19-22-17(13-27-19)20(24)21-10-18(23(2)3)15-8-9-26-12-15/h4-9,12-13,18H,10-11H2,1-3H3,(H,21,24). The van der Waals surface area contributed by atoms with Crippen LogP contribution >= 0.6 is 22.7 Å². The fraction of sp³-hybridized carbons (Fsp3) is 0.300. The van der Waals surface area contributed by atoms with Crippen molar-refractivity contribution >= 4 is 28.6 Å². The van der Waals surface area contributed by atoms with E-state index >= 15 is 0 Å². The Hall–Kier alpha value is -2.22. The number of benzene rings is 1. The second kappa shape index (κ2) is 9.12. The summed E-state index contributed by atoms with van der Waals surface area (Å²) >= 11 is 3.09. The highest BCUT2D eigenvalue weighted by Crippen LogP contribution is 2.20. The largest absolute Gasteiger partial charge is 0.486 e. The predicted molar refractivity (Wildman–Crippen MR) is 111 cm³/mol. The molecule has 27 heavy (non-hydrogen) atoms. The van der Waals surface area contributed by atoms with Gasteiger partial charge in [0.2, 0.25) is 0 Å². The van der Waals surface area contributed by atoms with Crippen molar-refractivity contribution in [2.45, 2.75) is 19.6 Å². The van der Waals surface area contributed by atoms with Crippen molar-refractivity contribution in [3.05, 3.63) is 68.3 Å². The summed E-state index contributed by atoms with van der Waals surface area (Å²) in [6.45, 7) is 2.93. The third-order valence-electron chi connectivity index (χ3n) is 4.17. The number of carbonyl (C=O) groups is 1. The first-order valence-electron chi connectivity index (χ1n) is 8.63. The number of thiophene rings is 1. The van der Waals surface area contributed by atoms with E-state index in [0.717, 1.165) is 10.8 Å². The minimum Gasteiger partial charge on any atom is -0.486 e. The molecule has 0 fully saturated rings. The van der Waals surface area contributed by atoms with Crippen molar-refractivity contribution in [2.75, 3.05) is 20.6 Å². The van der Waals surface area contributed by atoms with E-state index in [9.17, 15) is 4.79 Å². The number of nitrogens with zero attached hydrogens (tertiary/aromatic N) is 2. The maximum atomic E-state index is 12.4. The highest BCUT2D eigenvalue weighted by Gasteiger charge is 2.17. The van der Waals surface area contributed by atoms with E-state index < -0.39 is 0 Å². The molecule has 0 aliphatic heterocycles. The number of likely N-dealkylation sites (N-methyl/N-ethyl adjacent to an activating group) is 1. The molecule has 7 heteroatoms. The number of rotatable bonds is 8. The third-order valence-corrected chi connectivity index (χ3v) is 5.70. The Bertz CT molecular complexity index is 858. The maximum absolute atomic E-state index is 12.4. The highest BCUT2D eigenvalue weighted by atomic mass is 32.1. The van der Waals surface area contributed by atoms with Gasteiger partial charge in [-0.3, -0.25) is 4.79 Å². The molecule has 1 N–H and O–H groups in total. The summed E-state index contributed by atoms with van der Waals surface area (Å²) in [6.07, 6.45) is 0. The number of hydrogen-bond acceptors (Lipinski definition) is 6. The highest BCUT2D eigenvalue weighted by molar-refractivity contribution is 7.09. The lowest BCUT2D eigenvalue weighted by Gasteiger charge is -2.23. The summed E-state index contributed by atoms with van der Waals surface area (Å²) < 4.78 is 5.73. The van der Waals surface area contributed by atoms with Crippen LogP contribution in [0.2, 0.25) is 0 Å². The first-order chi connectivity index (χ1) is 13.0. The lowest BCUT2D eigenvalue weighted by atomic mass is 10.1. The fourth-order valence-electron chi connectivity index (χ4n) is 2.60. The molecule has 0 bridgehead atoms. The SMILES string of the molecule is Cc1ccc(OCc2nc(C(=O)NCC(c3ccsc3)N(C)C)cs2)cc1. The zero-order valence-corrected chi connectivity index (χ0v) is 17.3. The Kier molecular flexibility index (Phi) is 6.60.